The Balaban J connectivity index is 2.09. The van der Waals surface area contributed by atoms with E-state index in [-0.39, 0.29) is 5.69 Å². The van der Waals surface area contributed by atoms with Gasteiger partial charge in [-0.3, -0.25) is 4.79 Å². The highest BCUT2D eigenvalue weighted by molar-refractivity contribution is 5.90. The minimum absolute atomic E-state index is 0.264. The number of aromatic nitrogens is 2. The number of aryl methyl sites for hydroxylation is 1. The lowest BCUT2D eigenvalue weighted by molar-refractivity contribution is 0.0995. The molecule has 0 saturated heterocycles. The molecule has 0 spiro atoms. The number of amides is 1. The van der Waals surface area contributed by atoms with E-state index in [1.807, 2.05) is 19.1 Å². The highest BCUT2D eigenvalue weighted by atomic mass is 16.5. The maximum Gasteiger partial charge on any atom is 0.269 e. The molecule has 0 radical (unpaired) electrons. The largest absolute Gasteiger partial charge is 0.383 e. The Labute approximate surface area is 123 Å². The topological polar surface area (TPSA) is 82.2 Å². The maximum absolute atomic E-state index is 11.1. The van der Waals surface area contributed by atoms with E-state index in [0.717, 1.165) is 24.3 Å². The van der Waals surface area contributed by atoms with Crippen molar-refractivity contribution < 1.29 is 9.53 Å². The molecular weight excluding hydrogens is 268 g/mol. The van der Waals surface area contributed by atoms with Crippen molar-refractivity contribution in [1.82, 2.24) is 15.1 Å². The van der Waals surface area contributed by atoms with Crippen LogP contribution in [0.3, 0.4) is 0 Å². The van der Waals surface area contributed by atoms with Crippen molar-refractivity contribution in [2.24, 2.45) is 5.73 Å². The molecule has 2 rings (SSSR count). The van der Waals surface area contributed by atoms with Crippen LogP contribution in [0, 0.1) is 6.92 Å². The average Bonchev–Trinajstić information content (AvgIpc) is 2.93. The second-order valence-electron chi connectivity index (χ2n) is 4.80. The van der Waals surface area contributed by atoms with Gasteiger partial charge in [0.1, 0.15) is 5.69 Å². The first-order valence-electron chi connectivity index (χ1n) is 6.77. The molecule has 1 amide bonds. The molecule has 3 N–H and O–H groups in total. The number of primary amides is 1. The summed E-state index contributed by atoms with van der Waals surface area (Å²) in [5.74, 6) is -0.523. The average molecular weight is 288 g/mol. The van der Waals surface area contributed by atoms with E-state index in [2.05, 4.69) is 16.5 Å². The number of hydrogen-bond acceptors (Lipinski definition) is 4. The van der Waals surface area contributed by atoms with Crippen molar-refractivity contribution in [3.05, 3.63) is 47.3 Å². The fourth-order valence-corrected chi connectivity index (χ4v) is 2.08. The Morgan fingerprint density at radius 1 is 1.43 bits per heavy atom. The standard InChI is InChI=1S/C15H20N4O2/c1-11-9-12(10-17-6-8-21-2)3-4-14(11)19-7-5-13(18-19)15(16)20/h3-5,7,9,17H,6,8,10H2,1-2H3,(H2,16,20). The second-order valence-corrected chi connectivity index (χ2v) is 4.80. The van der Waals surface area contributed by atoms with Gasteiger partial charge in [0.2, 0.25) is 0 Å². The summed E-state index contributed by atoms with van der Waals surface area (Å²) in [5, 5.41) is 7.47. The third-order valence-corrected chi connectivity index (χ3v) is 3.16. The van der Waals surface area contributed by atoms with Crippen molar-refractivity contribution in [1.29, 1.82) is 0 Å². The Hall–Kier alpha value is -2.18. The molecule has 0 aliphatic heterocycles. The van der Waals surface area contributed by atoms with E-state index in [0.29, 0.717) is 6.61 Å². The monoisotopic (exact) mass is 288 g/mol. The lowest BCUT2D eigenvalue weighted by Gasteiger charge is -2.09. The first-order valence-corrected chi connectivity index (χ1v) is 6.77. The van der Waals surface area contributed by atoms with Gasteiger partial charge in [0.25, 0.3) is 5.91 Å². The SMILES string of the molecule is COCCNCc1ccc(-n2ccc(C(N)=O)n2)c(C)c1. The van der Waals surface area contributed by atoms with Crippen LogP contribution in [0.4, 0.5) is 0 Å². The summed E-state index contributed by atoms with van der Waals surface area (Å²) in [6.45, 7) is 4.31. The zero-order valence-corrected chi connectivity index (χ0v) is 12.3. The van der Waals surface area contributed by atoms with Crippen LogP contribution < -0.4 is 11.1 Å². The fraction of sp³-hybridized carbons (Fsp3) is 0.333. The number of nitrogens with two attached hydrogens (primary N) is 1. The molecule has 0 unspecified atom stereocenters. The van der Waals surface area contributed by atoms with Gasteiger partial charge in [-0.1, -0.05) is 12.1 Å². The van der Waals surface area contributed by atoms with Gasteiger partial charge in [0, 0.05) is 26.4 Å². The Kier molecular flexibility index (Phi) is 5.08. The molecule has 0 fully saturated rings. The molecule has 1 heterocycles. The quantitative estimate of drug-likeness (QED) is 0.745. The summed E-state index contributed by atoms with van der Waals surface area (Å²) in [6.07, 6.45) is 1.74. The third-order valence-electron chi connectivity index (χ3n) is 3.16. The minimum Gasteiger partial charge on any atom is -0.383 e. The molecule has 6 nitrogen and oxygen atoms in total. The normalized spacial score (nSPS) is 10.8. The predicted molar refractivity (Wildman–Crippen MR) is 80.4 cm³/mol. The van der Waals surface area contributed by atoms with Crippen molar-refractivity contribution in [3.8, 4) is 5.69 Å². The molecule has 0 aliphatic carbocycles. The van der Waals surface area contributed by atoms with Gasteiger partial charge in [0.05, 0.1) is 12.3 Å². The number of carbonyl (C=O) groups is 1. The van der Waals surface area contributed by atoms with Crippen LogP contribution in [0.2, 0.25) is 0 Å². The zero-order valence-electron chi connectivity index (χ0n) is 12.3. The van der Waals surface area contributed by atoms with Crippen molar-refractivity contribution in [2.75, 3.05) is 20.3 Å². The van der Waals surface area contributed by atoms with Gasteiger partial charge in [-0.2, -0.15) is 5.10 Å². The first kappa shape index (κ1) is 15.2. The smallest absolute Gasteiger partial charge is 0.269 e. The van der Waals surface area contributed by atoms with Crippen LogP contribution in [0.15, 0.2) is 30.5 Å². The summed E-state index contributed by atoms with van der Waals surface area (Å²) in [5.41, 5.74) is 8.68. The predicted octanol–water partition coefficient (Wildman–Crippen LogP) is 1.02. The van der Waals surface area contributed by atoms with Crippen LogP contribution in [-0.4, -0.2) is 35.9 Å². The summed E-state index contributed by atoms with van der Waals surface area (Å²) in [6, 6.07) is 7.73. The number of rotatable bonds is 7. The van der Waals surface area contributed by atoms with Crippen molar-refractivity contribution in [3.63, 3.8) is 0 Å². The van der Waals surface area contributed by atoms with Crippen LogP contribution in [0.5, 0.6) is 0 Å². The van der Waals surface area contributed by atoms with Crippen molar-refractivity contribution >= 4 is 5.91 Å². The van der Waals surface area contributed by atoms with Gasteiger partial charge in [-0.05, 0) is 30.2 Å². The summed E-state index contributed by atoms with van der Waals surface area (Å²) < 4.78 is 6.65. The molecule has 0 saturated carbocycles. The van der Waals surface area contributed by atoms with Gasteiger partial charge in [0.15, 0.2) is 0 Å². The summed E-state index contributed by atoms with van der Waals surface area (Å²) >= 11 is 0. The van der Waals surface area contributed by atoms with Crippen LogP contribution >= 0.6 is 0 Å². The summed E-state index contributed by atoms with van der Waals surface area (Å²) in [7, 11) is 1.69. The number of ether oxygens (including phenoxy) is 1. The molecule has 0 atom stereocenters. The number of hydrogen-bond donors (Lipinski definition) is 2. The Bertz CT molecular complexity index is 622. The first-order chi connectivity index (χ1) is 10.1. The van der Waals surface area contributed by atoms with Crippen LogP contribution in [0.25, 0.3) is 5.69 Å². The van der Waals surface area contributed by atoms with Crippen LogP contribution in [0.1, 0.15) is 21.6 Å². The van der Waals surface area contributed by atoms with E-state index < -0.39 is 5.91 Å². The van der Waals surface area contributed by atoms with Gasteiger partial charge < -0.3 is 15.8 Å². The number of carbonyl (C=O) groups excluding carboxylic acids is 1. The Morgan fingerprint density at radius 2 is 2.24 bits per heavy atom. The zero-order chi connectivity index (χ0) is 15.2. The molecule has 112 valence electrons. The number of benzene rings is 1. The minimum atomic E-state index is -0.523. The van der Waals surface area contributed by atoms with E-state index >= 15 is 0 Å². The molecule has 1 aromatic carbocycles. The molecule has 0 bridgehead atoms. The lowest BCUT2D eigenvalue weighted by atomic mass is 10.1. The molecular formula is C15H20N4O2. The molecule has 2 aromatic rings. The van der Waals surface area contributed by atoms with Crippen LogP contribution in [-0.2, 0) is 11.3 Å². The highest BCUT2D eigenvalue weighted by Gasteiger charge is 2.08. The number of nitrogens with one attached hydrogen (secondary N) is 1. The third kappa shape index (κ3) is 3.90. The summed E-state index contributed by atoms with van der Waals surface area (Å²) in [4.78, 5) is 11.1. The van der Waals surface area contributed by atoms with E-state index in [1.54, 1.807) is 24.1 Å². The van der Waals surface area contributed by atoms with Gasteiger partial charge in [-0.15, -0.1) is 0 Å². The Morgan fingerprint density at radius 3 is 2.86 bits per heavy atom. The van der Waals surface area contributed by atoms with E-state index in [1.165, 1.54) is 5.56 Å². The second kappa shape index (κ2) is 7.01. The van der Waals surface area contributed by atoms with Gasteiger partial charge >= 0.3 is 0 Å². The fourth-order valence-electron chi connectivity index (χ4n) is 2.08. The maximum atomic E-state index is 11.1. The molecule has 1 aromatic heterocycles. The lowest BCUT2D eigenvalue weighted by Crippen LogP contribution is -2.18. The molecule has 21 heavy (non-hydrogen) atoms. The number of methoxy groups -OCH3 is 1. The molecule has 0 aliphatic rings. The van der Waals surface area contributed by atoms with Gasteiger partial charge in [-0.25, -0.2) is 4.68 Å². The van der Waals surface area contributed by atoms with E-state index in [9.17, 15) is 4.79 Å². The number of nitrogens with zero attached hydrogens (tertiary/aromatic N) is 2. The van der Waals surface area contributed by atoms with E-state index in [4.69, 9.17) is 10.5 Å². The highest BCUT2D eigenvalue weighted by Crippen LogP contribution is 2.15. The van der Waals surface area contributed by atoms with Crippen molar-refractivity contribution in [2.45, 2.75) is 13.5 Å². The molecule has 6 heteroatoms.